The molecule has 0 spiro atoms. The number of benzene rings is 1. The second-order valence-corrected chi connectivity index (χ2v) is 5.72. The maximum absolute atomic E-state index is 13.4. The van der Waals surface area contributed by atoms with Gasteiger partial charge in [-0.2, -0.15) is 5.26 Å². The van der Waals surface area contributed by atoms with Gasteiger partial charge in [-0.15, -0.1) is 0 Å². The van der Waals surface area contributed by atoms with Gasteiger partial charge in [0.05, 0.1) is 11.0 Å². The zero-order chi connectivity index (χ0) is 18.0. The minimum Gasteiger partial charge on any atom is -0.360 e. The minimum absolute atomic E-state index is 0.0912. The van der Waals surface area contributed by atoms with Crippen molar-refractivity contribution in [2.75, 3.05) is 29.4 Å². The summed E-state index contributed by atoms with van der Waals surface area (Å²) in [5.41, 5.74) is 0.381. The molecule has 0 bridgehead atoms. The van der Waals surface area contributed by atoms with Gasteiger partial charge in [-0.05, 0) is 19.1 Å². The van der Waals surface area contributed by atoms with E-state index in [2.05, 4.69) is 9.97 Å². The lowest BCUT2D eigenvalue weighted by molar-refractivity contribution is -0.384. The molecule has 1 aliphatic rings. The van der Waals surface area contributed by atoms with E-state index in [0.717, 1.165) is 6.07 Å². The van der Waals surface area contributed by atoms with Gasteiger partial charge in [-0.25, -0.2) is 14.4 Å². The first kappa shape index (κ1) is 16.6. The molecule has 0 saturated carbocycles. The zero-order valence-electron chi connectivity index (χ0n) is 13.5. The summed E-state index contributed by atoms with van der Waals surface area (Å²) in [6, 6.07) is 5.52. The summed E-state index contributed by atoms with van der Waals surface area (Å²) in [6.07, 6.45) is 2.99. The molecule has 128 valence electrons. The van der Waals surface area contributed by atoms with E-state index in [1.807, 2.05) is 22.8 Å². The third-order valence-corrected chi connectivity index (χ3v) is 4.16. The lowest BCUT2D eigenvalue weighted by atomic mass is 10.1. The number of nitro benzene ring substituents is 1. The summed E-state index contributed by atoms with van der Waals surface area (Å²) in [6.45, 7) is 3.44. The number of hydrogen-bond acceptors (Lipinski definition) is 7. The van der Waals surface area contributed by atoms with Gasteiger partial charge in [0.15, 0.2) is 11.5 Å². The lowest BCUT2D eigenvalue weighted by Gasteiger charge is -2.41. The average molecular weight is 342 g/mol. The molecular formula is C16H15FN6O2. The Morgan fingerprint density at radius 1 is 1.36 bits per heavy atom. The second-order valence-electron chi connectivity index (χ2n) is 5.72. The first-order chi connectivity index (χ1) is 12.0. The molecule has 0 amide bonds. The van der Waals surface area contributed by atoms with Crippen LogP contribution in [0.15, 0.2) is 30.6 Å². The first-order valence-corrected chi connectivity index (χ1v) is 7.68. The molecule has 0 unspecified atom stereocenters. The van der Waals surface area contributed by atoms with E-state index in [-0.39, 0.29) is 17.4 Å². The number of nitro groups is 1. The van der Waals surface area contributed by atoms with Gasteiger partial charge in [-0.3, -0.25) is 10.1 Å². The molecule has 1 atom stereocenters. The molecule has 2 heterocycles. The van der Waals surface area contributed by atoms with E-state index in [4.69, 9.17) is 5.26 Å². The Bertz CT molecular complexity index is 853. The van der Waals surface area contributed by atoms with E-state index >= 15 is 0 Å². The Labute approximate surface area is 143 Å². The number of aromatic nitrogens is 2. The monoisotopic (exact) mass is 342 g/mol. The fourth-order valence-electron chi connectivity index (χ4n) is 3.03. The van der Waals surface area contributed by atoms with Crippen molar-refractivity contribution in [1.82, 2.24) is 9.97 Å². The van der Waals surface area contributed by atoms with Crippen molar-refractivity contribution in [1.29, 1.82) is 5.26 Å². The largest absolute Gasteiger partial charge is 0.360 e. The van der Waals surface area contributed by atoms with Gasteiger partial charge in [0.25, 0.3) is 5.69 Å². The van der Waals surface area contributed by atoms with Crippen LogP contribution in [-0.2, 0) is 0 Å². The molecule has 1 aromatic heterocycles. The molecular weight excluding hydrogens is 327 g/mol. The first-order valence-electron chi connectivity index (χ1n) is 7.68. The summed E-state index contributed by atoms with van der Waals surface area (Å²) in [5, 5.41) is 20.4. The standard InChI is InChI=1S/C16H15FN6O2/c1-11-10-21(16-13(9-18)19-4-5-20-16)6-7-22(11)14-3-2-12(17)8-15(14)23(24)25/h2-5,8,11H,6-7,10H2,1H3/t11-/m1/s1. The van der Waals surface area contributed by atoms with Crippen molar-refractivity contribution in [3.63, 3.8) is 0 Å². The van der Waals surface area contributed by atoms with Crippen molar-refractivity contribution >= 4 is 17.2 Å². The maximum atomic E-state index is 13.4. The Morgan fingerprint density at radius 2 is 2.12 bits per heavy atom. The van der Waals surface area contributed by atoms with Gasteiger partial charge in [0.2, 0.25) is 0 Å². The second kappa shape index (κ2) is 6.68. The molecule has 1 aliphatic heterocycles. The van der Waals surface area contributed by atoms with Crippen LogP contribution in [-0.4, -0.2) is 40.6 Å². The Balaban J connectivity index is 1.86. The van der Waals surface area contributed by atoms with Gasteiger partial charge >= 0.3 is 0 Å². The number of hydrogen-bond donors (Lipinski definition) is 0. The van der Waals surface area contributed by atoms with Gasteiger partial charge in [0, 0.05) is 38.1 Å². The van der Waals surface area contributed by atoms with Crippen molar-refractivity contribution in [2.45, 2.75) is 13.0 Å². The predicted octanol–water partition coefficient (Wildman–Crippen LogP) is 2.11. The number of anilines is 2. The van der Waals surface area contributed by atoms with E-state index in [0.29, 0.717) is 31.1 Å². The Morgan fingerprint density at radius 3 is 2.80 bits per heavy atom. The number of nitrogens with zero attached hydrogens (tertiary/aromatic N) is 6. The summed E-state index contributed by atoms with van der Waals surface area (Å²) in [4.78, 5) is 22.7. The summed E-state index contributed by atoms with van der Waals surface area (Å²) in [7, 11) is 0. The smallest absolute Gasteiger partial charge is 0.295 e. The van der Waals surface area contributed by atoms with Crippen LogP contribution in [0.25, 0.3) is 0 Å². The molecule has 8 nitrogen and oxygen atoms in total. The number of halogens is 1. The molecule has 25 heavy (non-hydrogen) atoms. The third-order valence-electron chi connectivity index (χ3n) is 4.16. The number of nitriles is 1. The molecule has 1 fully saturated rings. The fraction of sp³-hybridized carbons (Fsp3) is 0.312. The summed E-state index contributed by atoms with van der Waals surface area (Å²) >= 11 is 0. The molecule has 3 rings (SSSR count). The predicted molar refractivity (Wildman–Crippen MR) is 88.8 cm³/mol. The van der Waals surface area contributed by atoms with Crippen molar-refractivity contribution in [2.24, 2.45) is 0 Å². The molecule has 9 heteroatoms. The van der Waals surface area contributed by atoms with E-state index < -0.39 is 10.7 Å². The van der Waals surface area contributed by atoms with Crippen LogP contribution in [0.4, 0.5) is 21.6 Å². The molecule has 0 radical (unpaired) electrons. The van der Waals surface area contributed by atoms with Crippen LogP contribution >= 0.6 is 0 Å². The maximum Gasteiger partial charge on any atom is 0.295 e. The van der Waals surface area contributed by atoms with Crippen LogP contribution in [0.1, 0.15) is 12.6 Å². The minimum atomic E-state index is -0.639. The van der Waals surface area contributed by atoms with Crippen molar-refractivity contribution < 1.29 is 9.31 Å². The highest BCUT2D eigenvalue weighted by molar-refractivity contribution is 5.65. The summed E-state index contributed by atoms with van der Waals surface area (Å²) < 4.78 is 13.4. The average Bonchev–Trinajstić information content (AvgIpc) is 2.61. The number of rotatable bonds is 3. The molecule has 2 aromatic rings. The molecule has 1 saturated heterocycles. The number of piperazine rings is 1. The highest BCUT2D eigenvalue weighted by Gasteiger charge is 2.30. The molecule has 1 aromatic carbocycles. The highest BCUT2D eigenvalue weighted by Crippen LogP contribution is 2.32. The van der Waals surface area contributed by atoms with Crippen LogP contribution in [0, 0.1) is 27.3 Å². The summed E-state index contributed by atoms with van der Waals surface area (Å²) in [5.74, 6) is -0.134. The fourth-order valence-corrected chi connectivity index (χ4v) is 3.03. The van der Waals surface area contributed by atoms with Gasteiger partial charge in [-0.1, -0.05) is 0 Å². The van der Waals surface area contributed by atoms with E-state index in [9.17, 15) is 14.5 Å². The molecule has 0 N–H and O–H groups in total. The SMILES string of the molecule is C[C@@H]1CN(c2nccnc2C#N)CCN1c1ccc(F)cc1[N+](=O)[O-]. The highest BCUT2D eigenvalue weighted by atomic mass is 19.1. The quantitative estimate of drug-likeness (QED) is 0.622. The topological polar surface area (TPSA) is 99.2 Å². The van der Waals surface area contributed by atoms with E-state index in [1.165, 1.54) is 24.5 Å². The normalized spacial score (nSPS) is 17.2. The van der Waals surface area contributed by atoms with Gasteiger partial charge < -0.3 is 9.80 Å². The van der Waals surface area contributed by atoms with Crippen LogP contribution in [0.5, 0.6) is 0 Å². The van der Waals surface area contributed by atoms with Crippen LogP contribution < -0.4 is 9.80 Å². The lowest BCUT2D eigenvalue weighted by Crippen LogP contribution is -2.52. The Kier molecular flexibility index (Phi) is 4.43. The van der Waals surface area contributed by atoms with Crippen molar-refractivity contribution in [3.8, 4) is 6.07 Å². The molecule has 0 aliphatic carbocycles. The van der Waals surface area contributed by atoms with E-state index in [1.54, 1.807) is 0 Å². The Hall–Kier alpha value is -3.28. The third kappa shape index (κ3) is 3.19. The van der Waals surface area contributed by atoms with Gasteiger partial charge in [0.1, 0.15) is 17.6 Å². The van der Waals surface area contributed by atoms with Crippen LogP contribution in [0.3, 0.4) is 0 Å². The zero-order valence-corrected chi connectivity index (χ0v) is 13.5. The van der Waals surface area contributed by atoms with Crippen LogP contribution in [0.2, 0.25) is 0 Å². The van der Waals surface area contributed by atoms with Crippen molar-refractivity contribution in [3.05, 3.63) is 52.2 Å².